The number of hydrogen-bond acceptors (Lipinski definition) is 3. The summed E-state index contributed by atoms with van der Waals surface area (Å²) in [5.74, 6) is 0.163. The van der Waals surface area contributed by atoms with Crippen LogP contribution in [0.1, 0.15) is 29.7 Å². The number of phenols is 1. The second-order valence-corrected chi connectivity index (χ2v) is 7.81. The van der Waals surface area contributed by atoms with Crippen molar-refractivity contribution in [2.24, 2.45) is 0 Å². The van der Waals surface area contributed by atoms with E-state index in [1.807, 2.05) is 67.7 Å². The molecule has 3 aromatic carbocycles. The maximum atomic E-state index is 13.2. The van der Waals surface area contributed by atoms with Crippen LogP contribution in [0.3, 0.4) is 0 Å². The Morgan fingerprint density at radius 1 is 1.00 bits per heavy atom. The number of aromatic amines is 1. The summed E-state index contributed by atoms with van der Waals surface area (Å²) in [7, 11) is 0. The van der Waals surface area contributed by atoms with Crippen LogP contribution < -0.4 is 10.6 Å². The average Bonchev–Trinajstić information content (AvgIpc) is 3.20. The Morgan fingerprint density at radius 3 is 2.58 bits per heavy atom. The predicted octanol–water partition coefficient (Wildman–Crippen LogP) is 4.45. The highest BCUT2D eigenvalue weighted by molar-refractivity contribution is 5.86. The van der Waals surface area contributed by atoms with Gasteiger partial charge >= 0.3 is 0 Å². The molecule has 0 aliphatic rings. The summed E-state index contributed by atoms with van der Waals surface area (Å²) in [6.45, 7) is 2.47. The van der Waals surface area contributed by atoms with Gasteiger partial charge in [0, 0.05) is 23.6 Å². The van der Waals surface area contributed by atoms with Gasteiger partial charge in [-0.05, 0) is 48.2 Å². The van der Waals surface area contributed by atoms with E-state index in [1.54, 1.807) is 18.2 Å². The molecule has 0 fully saturated rings. The fourth-order valence-corrected chi connectivity index (χ4v) is 3.82. The number of H-pyrrole nitrogens is 1. The molecule has 0 aliphatic heterocycles. The Labute approximate surface area is 182 Å². The lowest BCUT2D eigenvalue weighted by molar-refractivity contribution is -0.123. The molecular formula is C26H27N3O2. The Morgan fingerprint density at radius 2 is 1.77 bits per heavy atom. The first kappa shape index (κ1) is 20.7. The Hall–Kier alpha value is -3.57. The Balaban J connectivity index is 1.53. The fourth-order valence-electron chi connectivity index (χ4n) is 3.82. The summed E-state index contributed by atoms with van der Waals surface area (Å²) in [5.41, 5.74) is 4.14. The first-order valence-corrected chi connectivity index (χ1v) is 10.5. The molecule has 158 valence electrons. The fraction of sp³-hybridized carbons (Fsp3) is 0.192. The molecule has 0 spiro atoms. The molecule has 2 unspecified atom stereocenters. The standard InChI is InChI=1S/C26H27N3O2/c1-18(20-9-3-2-4-10-20)29-26(31)25(27-16-19-8-7-11-22(30)14-19)15-21-17-28-24-13-6-5-12-23(21)24/h2-14,17-18,25,27-28,30H,15-16H2,1H3,(H,29,31). The van der Waals surface area contributed by atoms with Crippen LogP contribution in [0.2, 0.25) is 0 Å². The normalized spacial score (nSPS) is 13.1. The number of carbonyl (C=O) groups excluding carboxylic acids is 1. The van der Waals surface area contributed by atoms with Crippen molar-refractivity contribution in [1.82, 2.24) is 15.6 Å². The van der Waals surface area contributed by atoms with Crippen LogP contribution in [-0.4, -0.2) is 22.0 Å². The van der Waals surface area contributed by atoms with E-state index in [-0.39, 0.29) is 17.7 Å². The number of fused-ring (bicyclic) bond motifs is 1. The minimum Gasteiger partial charge on any atom is -0.508 e. The van der Waals surface area contributed by atoms with Gasteiger partial charge in [0.2, 0.25) is 5.91 Å². The third-order valence-electron chi connectivity index (χ3n) is 5.54. The lowest BCUT2D eigenvalue weighted by atomic mass is 10.0. The van der Waals surface area contributed by atoms with E-state index in [4.69, 9.17) is 0 Å². The van der Waals surface area contributed by atoms with Crippen LogP contribution >= 0.6 is 0 Å². The smallest absolute Gasteiger partial charge is 0.237 e. The molecular weight excluding hydrogens is 386 g/mol. The van der Waals surface area contributed by atoms with E-state index in [2.05, 4.69) is 21.7 Å². The van der Waals surface area contributed by atoms with Crippen molar-refractivity contribution in [2.45, 2.75) is 32.0 Å². The van der Waals surface area contributed by atoms with Gasteiger partial charge in [-0.3, -0.25) is 4.79 Å². The SMILES string of the molecule is CC(NC(=O)C(Cc1c[nH]c2ccccc12)NCc1cccc(O)c1)c1ccccc1. The van der Waals surface area contributed by atoms with Crippen LogP contribution in [0.5, 0.6) is 5.75 Å². The topological polar surface area (TPSA) is 77.2 Å². The molecule has 2 atom stereocenters. The first-order chi connectivity index (χ1) is 15.1. The summed E-state index contributed by atoms with van der Waals surface area (Å²) in [6.07, 6.45) is 2.53. The maximum Gasteiger partial charge on any atom is 0.237 e. The van der Waals surface area contributed by atoms with Crippen LogP contribution in [0.4, 0.5) is 0 Å². The van der Waals surface area contributed by atoms with Crippen LogP contribution in [0.15, 0.2) is 85.1 Å². The third kappa shape index (κ3) is 5.13. The van der Waals surface area contributed by atoms with Crippen LogP contribution in [0.25, 0.3) is 10.9 Å². The van der Waals surface area contributed by atoms with E-state index >= 15 is 0 Å². The molecule has 0 radical (unpaired) electrons. The molecule has 4 aromatic rings. The number of rotatable bonds is 8. The molecule has 0 saturated carbocycles. The molecule has 4 N–H and O–H groups in total. The summed E-state index contributed by atoms with van der Waals surface area (Å²) in [6, 6.07) is 24.6. The largest absolute Gasteiger partial charge is 0.508 e. The number of aromatic nitrogens is 1. The zero-order chi connectivity index (χ0) is 21.6. The lowest BCUT2D eigenvalue weighted by Crippen LogP contribution is -2.46. The molecule has 0 bridgehead atoms. The van der Waals surface area contributed by atoms with Crippen LogP contribution in [-0.2, 0) is 17.8 Å². The number of amides is 1. The molecule has 5 nitrogen and oxygen atoms in total. The second kappa shape index (κ2) is 9.49. The van der Waals surface area contributed by atoms with Crippen molar-refractivity contribution in [3.8, 4) is 5.75 Å². The molecule has 31 heavy (non-hydrogen) atoms. The molecule has 1 heterocycles. The van der Waals surface area contributed by atoms with E-state index < -0.39 is 6.04 Å². The molecule has 1 aromatic heterocycles. The van der Waals surface area contributed by atoms with E-state index in [1.165, 1.54) is 0 Å². The van der Waals surface area contributed by atoms with Gasteiger partial charge in [-0.25, -0.2) is 0 Å². The zero-order valence-corrected chi connectivity index (χ0v) is 17.5. The highest BCUT2D eigenvalue weighted by atomic mass is 16.3. The highest BCUT2D eigenvalue weighted by Crippen LogP contribution is 2.20. The quantitative estimate of drug-likeness (QED) is 0.345. The van der Waals surface area contributed by atoms with Crippen LogP contribution in [0, 0.1) is 0 Å². The molecule has 5 heteroatoms. The number of phenolic OH excluding ortho intramolecular Hbond substituents is 1. The molecule has 4 rings (SSSR count). The number of para-hydroxylation sites is 1. The van der Waals surface area contributed by atoms with Gasteiger partial charge in [0.05, 0.1) is 12.1 Å². The molecule has 1 amide bonds. The van der Waals surface area contributed by atoms with Crippen molar-refractivity contribution in [3.05, 3.63) is 102 Å². The van der Waals surface area contributed by atoms with Gasteiger partial charge in [0.1, 0.15) is 5.75 Å². The second-order valence-electron chi connectivity index (χ2n) is 7.81. The maximum absolute atomic E-state index is 13.2. The number of nitrogens with one attached hydrogen (secondary N) is 3. The van der Waals surface area contributed by atoms with Gasteiger partial charge in [-0.15, -0.1) is 0 Å². The monoisotopic (exact) mass is 413 g/mol. The first-order valence-electron chi connectivity index (χ1n) is 10.5. The van der Waals surface area contributed by atoms with Crippen molar-refractivity contribution < 1.29 is 9.90 Å². The number of carbonyl (C=O) groups is 1. The van der Waals surface area contributed by atoms with Crippen molar-refractivity contribution in [3.63, 3.8) is 0 Å². The number of benzene rings is 3. The highest BCUT2D eigenvalue weighted by Gasteiger charge is 2.22. The Kier molecular flexibility index (Phi) is 6.34. The Bertz CT molecular complexity index is 1150. The molecule has 0 aliphatic carbocycles. The third-order valence-corrected chi connectivity index (χ3v) is 5.54. The predicted molar refractivity (Wildman–Crippen MR) is 124 cm³/mol. The minimum absolute atomic E-state index is 0.0539. The summed E-state index contributed by atoms with van der Waals surface area (Å²) in [5, 5.41) is 17.4. The minimum atomic E-state index is -0.423. The van der Waals surface area contributed by atoms with Gasteiger partial charge in [-0.1, -0.05) is 60.7 Å². The summed E-state index contributed by atoms with van der Waals surface area (Å²) in [4.78, 5) is 16.5. The number of aromatic hydroxyl groups is 1. The zero-order valence-electron chi connectivity index (χ0n) is 17.5. The average molecular weight is 414 g/mol. The molecule has 0 saturated heterocycles. The van der Waals surface area contributed by atoms with E-state index in [9.17, 15) is 9.90 Å². The summed E-state index contributed by atoms with van der Waals surface area (Å²) >= 11 is 0. The van der Waals surface area contributed by atoms with E-state index in [0.717, 1.165) is 27.6 Å². The van der Waals surface area contributed by atoms with E-state index in [0.29, 0.717) is 13.0 Å². The number of hydrogen-bond donors (Lipinski definition) is 4. The van der Waals surface area contributed by atoms with Gasteiger partial charge in [-0.2, -0.15) is 0 Å². The van der Waals surface area contributed by atoms with Crippen molar-refractivity contribution in [2.75, 3.05) is 0 Å². The van der Waals surface area contributed by atoms with Crippen molar-refractivity contribution >= 4 is 16.8 Å². The van der Waals surface area contributed by atoms with Gasteiger partial charge in [0.15, 0.2) is 0 Å². The van der Waals surface area contributed by atoms with Crippen molar-refractivity contribution in [1.29, 1.82) is 0 Å². The lowest BCUT2D eigenvalue weighted by Gasteiger charge is -2.22. The van der Waals surface area contributed by atoms with Gasteiger partial charge in [0.25, 0.3) is 0 Å². The summed E-state index contributed by atoms with van der Waals surface area (Å²) < 4.78 is 0. The van der Waals surface area contributed by atoms with Gasteiger partial charge < -0.3 is 20.7 Å².